The van der Waals surface area contributed by atoms with Crippen LogP contribution in [0.15, 0.2) is 0 Å². The Kier molecular flexibility index (Phi) is 2.89. The minimum Gasteiger partial charge on any atom is -0.376 e. The zero-order valence-corrected chi connectivity index (χ0v) is 9.05. The van der Waals surface area contributed by atoms with Gasteiger partial charge in [-0.15, -0.1) is 0 Å². The van der Waals surface area contributed by atoms with E-state index in [0.29, 0.717) is 17.4 Å². The van der Waals surface area contributed by atoms with Gasteiger partial charge in [-0.1, -0.05) is 15.9 Å². The van der Waals surface area contributed by atoms with Crippen LogP contribution in [0.4, 0.5) is 0 Å². The average Bonchev–Trinajstić information content (AvgIpc) is 2.88. The van der Waals surface area contributed by atoms with Crippen LogP contribution in [0.25, 0.3) is 0 Å². The summed E-state index contributed by atoms with van der Waals surface area (Å²) in [5, 5.41) is 3.38. The van der Waals surface area contributed by atoms with E-state index in [4.69, 9.17) is 4.74 Å². The number of hydrogen-bond donors (Lipinski definition) is 1. The molecule has 1 saturated carbocycles. The molecule has 74 valence electrons. The molecule has 0 aromatic rings. The van der Waals surface area contributed by atoms with Crippen molar-refractivity contribution in [1.82, 2.24) is 5.32 Å². The minimum absolute atomic E-state index is 0.0705. The first-order chi connectivity index (χ1) is 6.31. The molecule has 1 heterocycles. The third-order valence-corrected chi connectivity index (χ3v) is 3.20. The molecule has 4 heteroatoms. The number of rotatable bonds is 3. The van der Waals surface area contributed by atoms with Gasteiger partial charge in [-0.05, 0) is 25.2 Å². The normalized spacial score (nSPS) is 33.3. The van der Waals surface area contributed by atoms with Gasteiger partial charge in [0.2, 0.25) is 5.91 Å². The number of carbonyl (C=O) groups excluding carboxylic acids is 1. The topological polar surface area (TPSA) is 38.3 Å². The Morgan fingerprint density at radius 3 is 2.85 bits per heavy atom. The van der Waals surface area contributed by atoms with Crippen molar-refractivity contribution < 1.29 is 9.53 Å². The first-order valence-electron chi connectivity index (χ1n) is 4.78. The van der Waals surface area contributed by atoms with Crippen LogP contribution in [-0.2, 0) is 9.53 Å². The summed E-state index contributed by atoms with van der Waals surface area (Å²) in [6.45, 7) is 0.800. The van der Waals surface area contributed by atoms with E-state index in [9.17, 15) is 4.79 Å². The molecular weight excluding hydrogens is 234 g/mol. The quantitative estimate of drug-likeness (QED) is 0.758. The summed E-state index contributed by atoms with van der Waals surface area (Å²) in [4.78, 5) is 11.1. The molecule has 0 radical (unpaired) electrons. The van der Waals surface area contributed by atoms with Gasteiger partial charge >= 0.3 is 0 Å². The lowest BCUT2D eigenvalue weighted by Gasteiger charge is -2.18. The number of ether oxygens (including phenoxy) is 1. The van der Waals surface area contributed by atoms with Crippen molar-refractivity contribution in [2.75, 3.05) is 11.9 Å². The Morgan fingerprint density at radius 2 is 2.23 bits per heavy atom. The molecule has 2 rings (SSSR count). The Hall–Kier alpha value is -0.0900. The summed E-state index contributed by atoms with van der Waals surface area (Å²) in [6, 6.07) is 0.262. The number of halogens is 1. The first kappa shape index (κ1) is 9.46. The van der Waals surface area contributed by atoms with E-state index < -0.39 is 0 Å². The maximum Gasteiger partial charge on any atom is 0.230 e. The number of hydrogen-bond acceptors (Lipinski definition) is 2. The average molecular weight is 248 g/mol. The zero-order chi connectivity index (χ0) is 9.26. The van der Waals surface area contributed by atoms with Crippen LogP contribution in [0.2, 0.25) is 0 Å². The Bertz CT molecular complexity index is 206. The number of amides is 1. The van der Waals surface area contributed by atoms with Crippen molar-refractivity contribution in [1.29, 1.82) is 0 Å². The lowest BCUT2D eigenvalue weighted by Crippen LogP contribution is -2.41. The van der Waals surface area contributed by atoms with E-state index >= 15 is 0 Å². The first-order valence-corrected chi connectivity index (χ1v) is 5.90. The van der Waals surface area contributed by atoms with Crippen molar-refractivity contribution in [2.45, 2.75) is 31.4 Å². The van der Waals surface area contributed by atoms with E-state index in [1.54, 1.807) is 0 Å². The largest absolute Gasteiger partial charge is 0.376 e. The second-order valence-electron chi connectivity index (χ2n) is 3.77. The monoisotopic (exact) mass is 247 g/mol. The molecule has 0 aromatic heterocycles. The maximum absolute atomic E-state index is 11.1. The maximum atomic E-state index is 11.1. The van der Waals surface area contributed by atoms with Gasteiger partial charge in [0.05, 0.1) is 17.5 Å². The van der Waals surface area contributed by atoms with Crippen LogP contribution in [0.1, 0.15) is 19.3 Å². The summed E-state index contributed by atoms with van der Waals surface area (Å²) >= 11 is 3.14. The summed E-state index contributed by atoms with van der Waals surface area (Å²) in [5.41, 5.74) is 0. The highest BCUT2D eigenvalue weighted by molar-refractivity contribution is 9.09. The fourth-order valence-corrected chi connectivity index (χ4v) is 2.06. The van der Waals surface area contributed by atoms with Gasteiger partial charge in [-0.25, -0.2) is 0 Å². The molecule has 2 atom stereocenters. The summed E-state index contributed by atoms with van der Waals surface area (Å²) in [5.74, 6) is 0.782. The predicted molar refractivity (Wildman–Crippen MR) is 52.8 cm³/mol. The fraction of sp³-hybridized carbons (Fsp3) is 0.889. The highest BCUT2D eigenvalue weighted by atomic mass is 79.9. The highest BCUT2D eigenvalue weighted by Gasteiger charge is 2.40. The molecule has 3 nitrogen and oxygen atoms in total. The second-order valence-corrected chi connectivity index (χ2v) is 4.33. The Morgan fingerprint density at radius 1 is 1.46 bits per heavy atom. The van der Waals surface area contributed by atoms with Gasteiger partial charge in [0.15, 0.2) is 0 Å². The van der Waals surface area contributed by atoms with E-state index in [1.807, 2.05) is 0 Å². The summed E-state index contributed by atoms with van der Waals surface area (Å²) < 4.78 is 5.60. The third-order valence-electron chi connectivity index (χ3n) is 2.69. The van der Waals surface area contributed by atoms with Crippen molar-refractivity contribution in [3.63, 3.8) is 0 Å². The van der Waals surface area contributed by atoms with Crippen molar-refractivity contribution >= 4 is 21.8 Å². The van der Waals surface area contributed by atoms with Crippen LogP contribution < -0.4 is 5.32 Å². The molecule has 2 aliphatic rings. The molecule has 0 spiro atoms. The molecule has 0 bridgehead atoms. The van der Waals surface area contributed by atoms with Crippen molar-refractivity contribution in [3.8, 4) is 0 Å². The van der Waals surface area contributed by atoms with Crippen LogP contribution in [0, 0.1) is 5.92 Å². The molecule has 1 amide bonds. The predicted octanol–water partition coefficient (Wildman–Crippen LogP) is 1.06. The van der Waals surface area contributed by atoms with Crippen LogP contribution >= 0.6 is 15.9 Å². The van der Waals surface area contributed by atoms with Crippen molar-refractivity contribution in [3.05, 3.63) is 0 Å². The zero-order valence-electron chi connectivity index (χ0n) is 7.46. The van der Waals surface area contributed by atoms with Gasteiger partial charge in [-0.3, -0.25) is 4.79 Å². The molecule has 1 saturated heterocycles. The molecule has 0 aromatic carbocycles. The number of alkyl halides is 1. The SMILES string of the molecule is O=C(CBr)NC1CCOC1C1CC1. The Balaban J connectivity index is 1.85. The molecular formula is C9H14BrNO2. The molecule has 1 aliphatic carbocycles. The van der Waals surface area contributed by atoms with Gasteiger partial charge < -0.3 is 10.1 Å². The second kappa shape index (κ2) is 3.96. The molecule has 2 fully saturated rings. The number of carbonyl (C=O) groups is 1. The third kappa shape index (κ3) is 2.23. The summed E-state index contributed by atoms with van der Waals surface area (Å²) in [6.07, 6.45) is 3.80. The van der Waals surface area contributed by atoms with Crippen LogP contribution in [-0.4, -0.2) is 30.0 Å². The fourth-order valence-electron chi connectivity index (χ4n) is 1.90. The molecule has 13 heavy (non-hydrogen) atoms. The highest BCUT2D eigenvalue weighted by Crippen LogP contribution is 2.38. The number of nitrogens with one attached hydrogen (secondary N) is 1. The lowest BCUT2D eigenvalue weighted by molar-refractivity contribution is -0.119. The van der Waals surface area contributed by atoms with E-state index in [2.05, 4.69) is 21.2 Å². The van der Waals surface area contributed by atoms with E-state index in [1.165, 1.54) is 12.8 Å². The molecule has 1 N–H and O–H groups in total. The minimum atomic E-state index is 0.0705. The lowest BCUT2D eigenvalue weighted by atomic mass is 10.1. The van der Waals surface area contributed by atoms with Gasteiger partial charge in [0, 0.05) is 6.61 Å². The van der Waals surface area contributed by atoms with Gasteiger partial charge in [-0.2, -0.15) is 0 Å². The van der Waals surface area contributed by atoms with Crippen LogP contribution in [0.3, 0.4) is 0 Å². The molecule has 1 aliphatic heterocycles. The smallest absolute Gasteiger partial charge is 0.230 e. The van der Waals surface area contributed by atoms with E-state index in [0.717, 1.165) is 13.0 Å². The Labute approximate surface area is 86.3 Å². The van der Waals surface area contributed by atoms with Gasteiger partial charge in [0.1, 0.15) is 0 Å². The van der Waals surface area contributed by atoms with Gasteiger partial charge in [0.25, 0.3) is 0 Å². The standard InChI is InChI=1S/C9H14BrNO2/c10-5-8(12)11-7-3-4-13-9(7)6-1-2-6/h6-7,9H,1-5H2,(H,11,12). The van der Waals surface area contributed by atoms with Crippen LogP contribution in [0.5, 0.6) is 0 Å². The summed E-state index contributed by atoms with van der Waals surface area (Å²) in [7, 11) is 0. The van der Waals surface area contributed by atoms with E-state index in [-0.39, 0.29) is 11.9 Å². The molecule has 2 unspecified atom stereocenters. The van der Waals surface area contributed by atoms with Crippen molar-refractivity contribution in [2.24, 2.45) is 5.92 Å².